The molecule has 40 heavy (non-hydrogen) atoms. The van der Waals surface area contributed by atoms with Crippen LogP contribution in [0.25, 0.3) is 28.6 Å². The molecule has 0 spiro atoms. The molecular weight excluding hydrogens is 669 g/mol. The fourth-order valence-electron chi connectivity index (χ4n) is 3.38. The molecule has 3 aromatic carbocycles. The molecule has 0 aliphatic rings. The number of benzene rings is 3. The van der Waals surface area contributed by atoms with E-state index in [1.807, 2.05) is 127 Å². The molecule has 0 fully saturated rings. The quantitative estimate of drug-likeness (QED) is 0.135. The largest absolute Gasteiger partial charge is 0.663 e. The number of hydrogen-bond donors (Lipinski definition) is 0. The van der Waals surface area contributed by atoms with E-state index in [0.717, 1.165) is 39.5 Å². The zero-order chi connectivity index (χ0) is 27.0. The third-order valence-corrected chi connectivity index (χ3v) is 5.35. The Morgan fingerprint density at radius 3 is 1.65 bits per heavy atom. The number of rotatable bonds is 5. The molecular formula is C35H27IrN4-3. The minimum atomic E-state index is 0. The molecule has 5 heteroatoms. The summed E-state index contributed by atoms with van der Waals surface area (Å²) < 4.78 is 0. The van der Waals surface area contributed by atoms with Gasteiger partial charge in [-0.2, -0.15) is 6.20 Å². The fraction of sp³-hybridized carbons (Fsp3) is 0. The Morgan fingerprint density at radius 1 is 0.650 bits per heavy atom. The smallest absolute Gasteiger partial charge is 0.0629 e. The van der Waals surface area contributed by atoms with Gasteiger partial charge in [0.1, 0.15) is 0 Å². The Labute approximate surface area is 249 Å². The Hall–Kier alpha value is -4.70. The van der Waals surface area contributed by atoms with Crippen molar-refractivity contribution >= 4 is 18.0 Å². The SMILES string of the molecule is C=Cc1ccc(N=Cc2ccc[n-]2)cc1.[Ir].[c-]1ccccc1-c1ccccn1.[c-]1ccccc1-c1ccccn1. The van der Waals surface area contributed by atoms with E-state index < -0.39 is 0 Å². The average Bonchev–Trinajstić information content (AvgIpc) is 3.57. The fourth-order valence-corrected chi connectivity index (χ4v) is 3.38. The van der Waals surface area contributed by atoms with Crippen LogP contribution in [0.2, 0.25) is 0 Å². The van der Waals surface area contributed by atoms with Gasteiger partial charge in [0, 0.05) is 38.7 Å². The number of aromatic nitrogens is 3. The second kappa shape index (κ2) is 17.0. The molecule has 6 rings (SSSR count). The topological polar surface area (TPSA) is 52.2 Å². The van der Waals surface area contributed by atoms with Crippen molar-refractivity contribution in [3.63, 3.8) is 0 Å². The van der Waals surface area contributed by atoms with Crippen molar-refractivity contribution in [1.82, 2.24) is 15.0 Å². The van der Waals surface area contributed by atoms with Crippen LogP contribution in [0.15, 0.2) is 151 Å². The second-order valence-corrected chi connectivity index (χ2v) is 8.10. The summed E-state index contributed by atoms with van der Waals surface area (Å²) in [6.45, 7) is 3.70. The van der Waals surface area contributed by atoms with E-state index in [1.165, 1.54) is 0 Å². The van der Waals surface area contributed by atoms with Crippen LogP contribution in [0.3, 0.4) is 0 Å². The minimum absolute atomic E-state index is 0. The average molecular weight is 696 g/mol. The summed E-state index contributed by atoms with van der Waals surface area (Å²) in [5.74, 6) is 0. The number of pyridine rings is 2. The monoisotopic (exact) mass is 696 g/mol. The molecule has 3 aromatic heterocycles. The first kappa shape index (κ1) is 29.8. The number of hydrogen-bond acceptors (Lipinski definition) is 3. The molecule has 0 unspecified atom stereocenters. The van der Waals surface area contributed by atoms with Crippen molar-refractivity contribution in [3.8, 4) is 22.5 Å². The first-order chi connectivity index (χ1) is 19.3. The standard InChI is InChI=1S/C13H11N2.2C11H8N.Ir/c1-2-11-5-7-12(8-6-11)15-10-13-4-3-9-14-13;2*1-2-6-10(7-3-1)11-8-4-5-9-12-11;/h2-10H,1H2;2*1-6,8-9H;/q3*-1;. The van der Waals surface area contributed by atoms with Crippen LogP contribution in [0.1, 0.15) is 11.3 Å². The molecule has 4 nitrogen and oxygen atoms in total. The van der Waals surface area contributed by atoms with Gasteiger partial charge in [-0.1, -0.05) is 61.2 Å². The van der Waals surface area contributed by atoms with Crippen LogP contribution in [0, 0.1) is 12.1 Å². The minimum Gasteiger partial charge on any atom is -0.663 e. The zero-order valence-corrected chi connectivity index (χ0v) is 24.2. The van der Waals surface area contributed by atoms with Gasteiger partial charge in [-0.05, 0) is 41.2 Å². The van der Waals surface area contributed by atoms with E-state index in [4.69, 9.17) is 0 Å². The maximum absolute atomic E-state index is 4.30. The predicted octanol–water partition coefficient (Wildman–Crippen LogP) is 8.13. The second-order valence-electron chi connectivity index (χ2n) is 8.10. The molecule has 6 aromatic rings. The molecule has 0 saturated heterocycles. The van der Waals surface area contributed by atoms with Crippen LogP contribution in [0.5, 0.6) is 0 Å². The van der Waals surface area contributed by atoms with E-state index in [9.17, 15) is 0 Å². The van der Waals surface area contributed by atoms with Gasteiger partial charge in [0.25, 0.3) is 0 Å². The summed E-state index contributed by atoms with van der Waals surface area (Å²) >= 11 is 0. The van der Waals surface area contributed by atoms with Gasteiger partial charge in [-0.15, -0.1) is 77.5 Å². The van der Waals surface area contributed by atoms with Crippen LogP contribution in [0.4, 0.5) is 5.69 Å². The van der Waals surface area contributed by atoms with E-state index >= 15 is 0 Å². The summed E-state index contributed by atoms with van der Waals surface area (Å²) in [5.41, 5.74) is 6.92. The van der Waals surface area contributed by atoms with Crippen molar-refractivity contribution in [2.24, 2.45) is 4.99 Å². The summed E-state index contributed by atoms with van der Waals surface area (Å²) in [6.07, 6.45) is 8.89. The molecule has 0 N–H and O–H groups in total. The first-order valence-electron chi connectivity index (χ1n) is 12.4. The normalized spacial score (nSPS) is 9.80. The molecule has 0 amide bonds. The van der Waals surface area contributed by atoms with Crippen molar-refractivity contribution < 1.29 is 20.1 Å². The molecule has 0 aliphatic carbocycles. The summed E-state index contributed by atoms with van der Waals surface area (Å²) in [4.78, 5) is 16.8. The third-order valence-electron chi connectivity index (χ3n) is 5.35. The van der Waals surface area contributed by atoms with Crippen molar-refractivity contribution in [3.05, 3.63) is 170 Å². The van der Waals surface area contributed by atoms with Gasteiger partial charge in [0.05, 0.1) is 5.69 Å². The van der Waals surface area contributed by atoms with E-state index in [0.29, 0.717) is 0 Å². The van der Waals surface area contributed by atoms with Crippen LogP contribution in [-0.2, 0) is 20.1 Å². The van der Waals surface area contributed by atoms with Gasteiger partial charge in [0.2, 0.25) is 0 Å². The van der Waals surface area contributed by atoms with Crippen molar-refractivity contribution in [2.45, 2.75) is 0 Å². The van der Waals surface area contributed by atoms with Gasteiger partial charge in [-0.3, -0.25) is 4.99 Å². The zero-order valence-electron chi connectivity index (χ0n) is 21.8. The summed E-state index contributed by atoms with van der Waals surface area (Å²) in [6, 6.07) is 45.3. The Bertz CT molecular complexity index is 1370. The van der Waals surface area contributed by atoms with Crippen LogP contribution >= 0.6 is 0 Å². The molecule has 199 valence electrons. The molecule has 3 heterocycles. The molecule has 0 bridgehead atoms. The maximum atomic E-state index is 4.30. The molecule has 1 radical (unpaired) electrons. The Kier molecular flexibility index (Phi) is 12.7. The van der Waals surface area contributed by atoms with Crippen molar-refractivity contribution in [2.75, 3.05) is 0 Å². The van der Waals surface area contributed by atoms with Gasteiger partial charge in [-0.25, -0.2) is 0 Å². The molecule has 0 aliphatic heterocycles. The van der Waals surface area contributed by atoms with Crippen LogP contribution in [-0.4, -0.2) is 16.2 Å². The van der Waals surface area contributed by atoms with Gasteiger partial charge in [0.15, 0.2) is 0 Å². The van der Waals surface area contributed by atoms with Crippen molar-refractivity contribution in [1.29, 1.82) is 0 Å². The summed E-state index contributed by atoms with van der Waals surface area (Å²) in [7, 11) is 0. The predicted molar refractivity (Wildman–Crippen MR) is 161 cm³/mol. The maximum Gasteiger partial charge on any atom is 0.0629 e. The molecule has 0 saturated carbocycles. The van der Waals surface area contributed by atoms with Gasteiger partial charge >= 0.3 is 0 Å². The van der Waals surface area contributed by atoms with E-state index in [2.05, 4.69) is 38.7 Å². The molecule has 0 atom stereocenters. The van der Waals surface area contributed by atoms with Gasteiger partial charge < -0.3 is 15.0 Å². The van der Waals surface area contributed by atoms with Crippen LogP contribution < -0.4 is 4.98 Å². The third kappa shape index (κ3) is 9.88. The first-order valence-corrected chi connectivity index (χ1v) is 12.4. The van der Waals surface area contributed by atoms with E-state index in [-0.39, 0.29) is 20.1 Å². The number of aliphatic imine (C=N–C) groups is 1. The van der Waals surface area contributed by atoms with E-state index in [1.54, 1.807) is 24.8 Å². The Morgan fingerprint density at radius 2 is 1.23 bits per heavy atom. The summed E-state index contributed by atoms with van der Waals surface area (Å²) in [5, 5.41) is 0. The Balaban J connectivity index is 0.000000165. The number of nitrogens with zero attached hydrogens (tertiary/aromatic N) is 4.